The molecule has 0 saturated carbocycles. The second-order valence-electron chi connectivity index (χ2n) is 9.69. The number of halogens is 5. The van der Waals surface area contributed by atoms with E-state index in [1.165, 1.54) is 23.0 Å². The molecule has 3 heterocycles. The highest BCUT2D eigenvalue weighted by Crippen LogP contribution is 2.28. The van der Waals surface area contributed by atoms with Crippen molar-refractivity contribution in [3.8, 4) is 5.82 Å². The summed E-state index contributed by atoms with van der Waals surface area (Å²) in [6, 6.07) is 7.73. The zero-order valence-corrected chi connectivity index (χ0v) is 23.8. The lowest BCUT2D eigenvalue weighted by Gasteiger charge is -2.22. The zero-order valence-electron chi connectivity index (χ0n) is 21.5. The lowest BCUT2D eigenvalue weighted by molar-refractivity contribution is -0.145. The molecule has 0 saturated heterocycles. The fourth-order valence-corrected chi connectivity index (χ4v) is 4.30. The Labute approximate surface area is 239 Å². The van der Waals surface area contributed by atoms with Gasteiger partial charge in [0.2, 0.25) is 0 Å². The highest BCUT2D eigenvalue weighted by molar-refractivity contribution is 9.10. The van der Waals surface area contributed by atoms with Crippen LogP contribution in [0.4, 0.5) is 18.9 Å². The minimum absolute atomic E-state index is 0.0258. The van der Waals surface area contributed by atoms with E-state index in [2.05, 4.69) is 52.1 Å². The van der Waals surface area contributed by atoms with Gasteiger partial charge in [0.1, 0.15) is 12.2 Å². The van der Waals surface area contributed by atoms with Crippen LogP contribution in [0.1, 0.15) is 58.7 Å². The van der Waals surface area contributed by atoms with Gasteiger partial charge in [-0.15, -0.1) is 10.2 Å². The Hall–Kier alpha value is -3.85. The van der Waals surface area contributed by atoms with Gasteiger partial charge >= 0.3 is 6.18 Å². The van der Waals surface area contributed by atoms with Gasteiger partial charge in [-0.2, -0.15) is 23.1 Å². The first-order chi connectivity index (χ1) is 18.6. The molecule has 16 heteroatoms. The van der Waals surface area contributed by atoms with Crippen LogP contribution in [0.25, 0.3) is 5.82 Å². The van der Waals surface area contributed by atoms with Crippen LogP contribution < -0.4 is 10.6 Å². The number of hydrogen-bond acceptors (Lipinski definition) is 7. The SMILES string of the molecule is Cc1cc(Cl)cc(C(=O)NC(C)(C)C)c1NC(=O)c1cc(Cn2nnc(C(F)(F)F)n2)nn1-c1ncccc1Br. The second kappa shape index (κ2) is 11.0. The molecule has 0 spiro atoms. The van der Waals surface area contributed by atoms with Crippen LogP contribution in [0, 0.1) is 6.92 Å². The van der Waals surface area contributed by atoms with Gasteiger partial charge in [0, 0.05) is 16.8 Å². The summed E-state index contributed by atoms with van der Waals surface area (Å²) in [4.78, 5) is 31.7. The van der Waals surface area contributed by atoms with Crippen molar-refractivity contribution in [1.82, 2.24) is 40.3 Å². The molecule has 0 bridgehead atoms. The molecule has 0 unspecified atom stereocenters. The molecule has 0 radical (unpaired) electrons. The maximum Gasteiger partial charge on any atom is 0.455 e. The summed E-state index contributed by atoms with van der Waals surface area (Å²) in [5.74, 6) is -2.29. The Morgan fingerprint density at radius 1 is 1.10 bits per heavy atom. The summed E-state index contributed by atoms with van der Waals surface area (Å²) in [5, 5.41) is 20.1. The number of hydrogen-bond donors (Lipinski definition) is 2. The Morgan fingerprint density at radius 3 is 2.45 bits per heavy atom. The van der Waals surface area contributed by atoms with E-state index in [1.54, 1.807) is 25.1 Å². The maximum absolute atomic E-state index is 13.6. The molecule has 2 N–H and O–H groups in total. The minimum Gasteiger partial charge on any atom is -0.347 e. The normalized spacial score (nSPS) is 11.9. The molecule has 0 aliphatic carbocycles. The molecule has 11 nitrogen and oxygen atoms in total. The summed E-state index contributed by atoms with van der Waals surface area (Å²) in [5.41, 5.74) is 0.448. The predicted molar refractivity (Wildman–Crippen MR) is 142 cm³/mol. The third-order valence-corrected chi connectivity index (χ3v) is 6.05. The van der Waals surface area contributed by atoms with Gasteiger partial charge in [-0.25, -0.2) is 9.67 Å². The molecule has 3 aromatic heterocycles. The number of aromatic nitrogens is 7. The van der Waals surface area contributed by atoms with Crippen LogP contribution in [-0.4, -0.2) is 52.3 Å². The van der Waals surface area contributed by atoms with Gasteiger partial charge < -0.3 is 10.6 Å². The number of nitrogens with zero attached hydrogens (tertiary/aromatic N) is 7. The van der Waals surface area contributed by atoms with Crippen LogP contribution in [0.5, 0.6) is 0 Å². The number of carbonyl (C=O) groups is 2. The molecular formula is C24H22BrClF3N9O2. The van der Waals surface area contributed by atoms with E-state index in [0.717, 1.165) is 0 Å². The number of aryl methyl sites for hydroxylation is 1. The zero-order chi connectivity index (χ0) is 29.4. The standard InChI is InChI=1S/C24H22BrClF3N9O2/c1-12-8-13(26)9-15(20(39)32-23(2,3)4)18(12)31-21(40)17-10-14(11-37-35-22(33-36-37)24(27,28)29)34-38(17)19-16(25)6-5-7-30-19/h5-10H,11H2,1-4H3,(H,31,40)(H,32,39). The monoisotopic (exact) mass is 639 g/mol. The van der Waals surface area contributed by atoms with Crippen LogP contribution in [0.2, 0.25) is 5.02 Å². The number of amides is 2. The number of benzene rings is 1. The lowest BCUT2D eigenvalue weighted by atomic mass is 10.0. The summed E-state index contributed by atoms with van der Waals surface area (Å²) < 4.78 is 40.5. The average Bonchev–Trinajstić information content (AvgIpc) is 3.47. The summed E-state index contributed by atoms with van der Waals surface area (Å²) in [7, 11) is 0. The summed E-state index contributed by atoms with van der Waals surface area (Å²) >= 11 is 9.59. The molecule has 0 fully saturated rings. The molecule has 4 aromatic rings. The Bertz CT molecular complexity index is 1600. The van der Waals surface area contributed by atoms with Crippen molar-refractivity contribution in [3.63, 3.8) is 0 Å². The van der Waals surface area contributed by atoms with Crippen LogP contribution in [-0.2, 0) is 12.7 Å². The topological polar surface area (TPSA) is 133 Å². The maximum atomic E-state index is 13.6. The lowest BCUT2D eigenvalue weighted by Crippen LogP contribution is -2.41. The number of tetrazole rings is 1. The molecule has 2 amide bonds. The van der Waals surface area contributed by atoms with Gasteiger partial charge in [-0.1, -0.05) is 11.6 Å². The summed E-state index contributed by atoms with van der Waals surface area (Å²) in [6.07, 6.45) is -3.29. The van der Waals surface area contributed by atoms with Gasteiger partial charge in [0.15, 0.2) is 5.82 Å². The van der Waals surface area contributed by atoms with Gasteiger partial charge in [0.05, 0.1) is 21.4 Å². The van der Waals surface area contributed by atoms with Crippen LogP contribution in [0.3, 0.4) is 0 Å². The quantitative estimate of drug-likeness (QED) is 0.309. The minimum atomic E-state index is -4.77. The van der Waals surface area contributed by atoms with Crippen LogP contribution >= 0.6 is 27.5 Å². The number of carbonyl (C=O) groups excluding carboxylic acids is 2. The third-order valence-electron chi connectivity index (χ3n) is 5.21. The second-order valence-corrected chi connectivity index (χ2v) is 11.0. The van der Waals surface area contributed by atoms with Crippen molar-refractivity contribution < 1.29 is 22.8 Å². The van der Waals surface area contributed by atoms with Crippen molar-refractivity contribution in [1.29, 1.82) is 0 Å². The molecule has 0 aliphatic heterocycles. The predicted octanol–water partition coefficient (Wildman–Crippen LogP) is 4.83. The third kappa shape index (κ3) is 6.65. The Kier molecular flexibility index (Phi) is 7.99. The van der Waals surface area contributed by atoms with Crippen molar-refractivity contribution in [2.75, 3.05) is 5.32 Å². The number of alkyl halides is 3. The first kappa shape index (κ1) is 29.1. The van der Waals surface area contributed by atoms with Crippen molar-refractivity contribution in [2.45, 2.75) is 46.0 Å². The van der Waals surface area contributed by atoms with Gasteiger partial charge in [-0.05, 0) is 84.7 Å². The fraction of sp³-hybridized carbons (Fsp3) is 0.292. The number of rotatable bonds is 6. The van der Waals surface area contributed by atoms with Crippen molar-refractivity contribution >= 4 is 45.0 Å². The van der Waals surface area contributed by atoms with E-state index in [-0.39, 0.29) is 35.0 Å². The smallest absolute Gasteiger partial charge is 0.347 e. The molecule has 210 valence electrons. The highest BCUT2D eigenvalue weighted by Gasteiger charge is 2.37. The first-order valence-electron chi connectivity index (χ1n) is 11.6. The van der Waals surface area contributed by atoms with E-state index in [0.29, 0.717) is 19.9 Å². The van der Waals surface area contributed by atoms with E-state index >= 15 is 0 Å². The molecule has 0 atom stereocenters. The number of anilines is 1. The largest absolute Gasteiger partial charge is 0.455 e. The number of nitrogens with one attached hydrogen (secondary N) is 2. The first-order valence-corrected chi connectivity index (χ1v) is 12.8. The molecule has 4 rings (SSSR count). The van der Waals surface area contributed by atoms with Crippen molar-refractivity contribution in [2.24, 2.45) is 0 Å². The van der Waals surface area contributed by atoms with E-state index in [1.807, 2.05) is 20.8 Å². The average molecular weight is 641 g/mol. The van der Waals surface area contributed by atoms with E-state index < -0.39 is 29.4 Å². The Balaban J connectivity index is 1.74. The molecule has 0 aliphatic rings. The van der Waals surface area contributed by atoms with E-state index in [9.17, 15) is 22.8 Å². The summed E-state index contributed by atoms with van der Waals surface area (Å²) in [6.45, 7) is 6.80. The number of pyridine rings is 1. The molecule has 1 aromatic carbocycles. The van der Waals surface area contributed by atoms with Gasteiger partial charge in [-0.3, -0.25) is 9.59 Å². The molecular weight excluding hydrogens is 619 g/mol. The highest BCUT2D eigenvalue weighted by atomic mass is 79.9. The van der Waals surface area contributed by atoms with Crippen LogP contribution in [0.15, 0.2) is 41.0 Å². The van der Waals surface area contributed by atoms with E-state index in [4.69, 9.17) is 11.6 Å². The van der Waals surface area contributed by atoms with Gasteiger partial charge in [0.25, 0.3) is 17.6 Å². The molecule has 40 heavy (non-hydrogen) atoms. The fourth-order valence-electron chi connectivity index (χ4n) is 3.61. The Morgan fingerprint density at radius 2 is 1.82 bits per heavy atom. The van der Waals surface area contributed by atoms with Crippen molar-refractivity contribution in [3.05, 3.63) is 74.4 Å².